The average Bonchev–Trinajstić information content (AvgIpc) is 3.19. The SMILES string of the molecule is CC1(NC(=O)OC(C)(C)CCCSc2cccc(N)c2)CCN(c2nc3ccc(Cl)nc3[nH]2)CC1. The number of hydrogen-bond acceptors (Lipinski definition) is 7. The number of ether oxygens (including phenoxy) is 1. The van der Waals surface area contributed by atoms with Crippen molar-refractivity contribution in [2.75, 3.05) is 29.5 Å². The fourth-order valence-corrected chi connectivity index (χ4v) is 5.28. The third kappa shape index (κ3) is 6.95. The quantitative estimate of drug-likeness (QED) is 0.154. The largest absolute Gasteiger partial charge is 0.444 e. The van der Waals surface area contributed by atoms with Crippen LogP contribution in [-0.4, -0.2) is 51.0 Å². The van der Waals surface area contributed by atoms with Gasteiger partial charge in [-0.15, -0.1) is 11.8 Å². The summed E-state index contributed by atoms with van der Waals surface area (Å²) in [4.78, 5) is 28.2. The normalized spacial score (nSPS) is 15.8. The Morgan fingerprint density at radius 1 is 1.29 bits per heavy atom. The van der Waals surface area contributed by atoms with Crippen LogP contribution in [-0.2, 0) is 4.74 Å². The standard InChI is InChI=1S/C25H33ClN6O2S/c1-24(2,10-5-15-35-18-7-4-6-17(27)16-18)34-23(33)31-25(3)11-13-32(14-12-25)22-28-19-8-9-20(26)29-21(19)30-22/h4,6-9,16H,5,10-15,27H2,1-3H3,(H,31,33)(H,28,29,30). The van der Waals surface area contributed by atoms with E-state index in [1.807, 2.05) is 38.1 Å². The van der Waals surface area contributed by atoms with Crippen LogP contribution in [0.1, 0.15) is 46.5 Å². The Labute approximate surface area is 215 Å². The first-order valence-electron chi connectivity index (χ1n) is 11.9. The van der Waals surface area contributed by atoms with E-state index in [-0.39, 0.29) is 11.6 Å². The Morgan fingerprint density at radius 2 is 2.06 bits per heavy atom. The molecule has 1 aromatic carbocycles. The number of nitrogens with zero attached hydrogens (tertiary/aromatic N) is 3. The first-order chi connectivity index (χ1) is 16.6. The van der Waals surface area contributed by atoms with E-state index in [0.29, 0.717) is 10.8 Å². The van der Waals surface area contributed by atoms with Gasteiger partial charge in [0.15, 0.2) is 5.65 Å². The monoisotopic (exact) mass is 516 g/mol. The van der Waals surface area contributed by atoms with Gasteiger partial charge in [0.1, 0.15) is 16.3 Å². The van der Waals surface area contributed by atoms with Gasteiger partial charge in [-0.05, 0) is 82.5 Å². The summed E-state index contributed by atoms with van der Waals surface area (Å²) in [5.41, 5.74) is 7.20. The highest BCUT2D eigenvalue weighted by molar-refractivity contribution is 7.99. The second-order valence-electron chi connectivity index (χ2n) is 9.91. The molecule has 188 valence electrons. The zero-order chi connectivity index (χ0) is 25.1. The van der Waals surface area contributed by atoms with Gasteiger partial charge in [0.05, 0.1) is 0 Å². The molecule has 0 radical (unpaired) electrons. The number of piperidine rings is 1. The van der Waals surface area contributed by atoms with E-state index in [9.17, 15) is 4.79 Å². The van der Waals surface area contributed by atoms with Crippen molar-refractivity contribution in [3.05, 3.63) is 41.6 Å². The number of H-pyrrole nitrogens is 1. The molecule has 1 fully saturated rings. The van der Waals surface area contributed by atoms with E-state index >= 15 is 0 Å². The minimum Gasteiger partial charge on any atom is -0.444 e. The van der Waals surface area contributed by atoms with Crippen molar-refractivity contribution in [3.8, 4) is 0 Å². The van der Waals surface area contributed by atoms with Gasteiger partial charge >= 0.3 is 6.09 Å². The number of carbonyl (C=O) groups is 1. The minimum absolute atomic E-state index is 0.333. The van der Waals surface area contributed by atoms with E-state index in [1.54, 1.807) is 17.8 Å². The zero-order valence-electron chi connectivity index (χ0n) is 20.4. The van der Waals surface area contributed by atoms with Gasteiger partial charge in [-0.3, -0.25) is 0 Å². The third-order valence-corrected chi connectivity index (χ3v) is 7.58. The molecule has 1 amide bonds. The number of nitrogen functional groups attached to an aromatic ring is 1. The maximum Gasteiger partial charge on any atom is 0.408 e. The van der Waals surface area contributed by atoms with Crippen molar-refractivity contribution in [2.45, 2.75) is 62.5 Å². The molecule has 1 aliphatic rings. The number of halogens is 1. The summed E-state index contributed by atoms with van der Waals surface area (Å²) in [7, 11) is 0. The molecule has 1 saturated heterocycles. The number of pyridine rings is 1. The molecule has 0 bridgehead atoms. The van der Waals surface area contributed by atoms with Crippen LogP contribution in [0.2, 0.25) is 5.15 Å². The molecule has 4 N–H and O–H groups in total. The van der Waals surface area contributed by atoms with Crippen LogP contribution < -0.4 is 16.0 Å². The summed E-state index contributed by atoms with van der Waals surface area (Å²) in [5, 5.41) is 3.55. The molecule has 3 heterocycles. The van der Waals surface area contributed by atoms with Gasteiger partial charge in [-0.2, -0.15) is 0 Å². The molecule has 0 spiro atoms. The number of thioether (sulfide) groups is 1. The van der Waals surface area contributed by atoms with Crippen molar-refractivity contribution in [3.63, 3.8) is 0 Å². The summed E-state index contributed by atoms with van der Waals surface area (Å²) in [6, 6.07) is 11.5. The predicted molar refractivity (Wildman–Crippen MR) is 143 cm³/mol. The summed E-state index contributed by atoms with van der Waals surface area (Å²) in [6.07, 6.45) is 2.92. The first kappa shape index (κ1) is 25.4. The first-order valence-corrected chi connectivity index (χ1v) is 13.2. The highest BCUT2D eigenvalue weighted by Crippen LogP contribution is 2.28. The van der Waals surface area contributed by atoms with Crippen molar-refractivity contribution in [2.24, 2.45) is 0 Å². The number of amides is 1. The molecule has 0 saturated carbocycles. The number of imidazole rings is 1. The summed E-state index contributed by atoms with van der Waals surface area (Å²) in [5.74, 6) is 1.71. The van der Waals surface area contributed by atoms with Crippen LogP contribution in [0.15, 0.2) is 41.3 Å². The van der Waals surface area contributed by atoms with Crippen molar-refractivity contribution in [1.82, 2.24) is 20.3 Å². The number of anilines is 2. The van der Waals surface area contributed by atoms with Gasteiger partial charge in [-0.1, -0.05) is 17.7 Å². The molecule has 0 atom stereocenters. The van der Waals surface area contributed by atoms with Crippen LogP contribution in [0.3, 0.4) is 0 Å². The minimum atomic E-state index is -0.542. The van der Waals surface area contributed by atoms with E-state index in [4.69, 9.17) is 22.1 Å². The van der Waals surface area contributed by atoms with Crippen LogP contribution in [0, 0.1) is 0 Å². The topological polar surface area (TPSA) is 109 Å². The fourth-order valence-electron chi connectivity index (χ4n) is 4.21. The molecular weight excluding hydrogens is 484 g/mol. The Morgan fingerprint density at radius 3 is 2.80 bits per heavy atom. The van der Waals surface area contributed by atoms with Crippen LogP contribution >= 0.6 is 23.4 Å². The molecule has 3 aromatic rings. The number of carbonyl (C=O) groups excluding carboxylic acids is 1. The van der Waals surface area contributed by atoms with E-state index in [2.05, 4.69) is 38.2 Å². The summed E-state index contributed by atoms with van der Waals surface area (Å²) in [6.45, 7) is 7.51. The van der Waals surface area contributed by atoms with E-state index in [0.717, 1.165) is 66.6 Å². The average molecular weight is 517 g/mol. The number of rotatable bonds is 8. The fraction of sp³-hybridized carbons (Fsp3) is 0.480. The number of benzene rings is 1. The Kier molecular flexibility index (Phi) is 7.66. The lowest BCUT2D eigenvalue weighted by atomic mass is 9.90. The van der Waals surface area contributed by atoms with Crippen LogP contribution in [0.25, 0.3) is 11.2 Å². The van der Waals surface area contributed by atoms with Crippen molar-refractivity contribution < 1.29 is 9.53 Å². The maximum atomic E-state index is 12.7. The Hall–Kier alpha value is -2.65. The lowest BCUT2D eigenvalue weighted by Crippen LogP contribution is -2.54. The molecule has 2 aromatic heterocycles. The third-order valence-electron chi connectivity index (χ3n) is 6.29. The van der Waals surface area contributed by atoms with Crippen LogP contribution in [0.5, 0.6) is 0 Å². The molecule has 35 heavy (non-hydrogen) atoms. The van der Waals surface area contributed by atoms with Gasteiger partial charge in [0.25, 0.3) is 0 Å². The second-order valence-corrected chi connectivity index (χ2v) is 11.5. The van der Waals surface area contributed by atoms with Crippen molar-refractivity contribution >= 4 is 52.3 Å². The van der Waals surface area contributed by atoms with Gasteiger partial charge in [0.2, 0.25) is 5.95 Å². The lowest BCUT2D eigenvalue weighted by Gasteiger charge is -2.40. The second kappa shape index (κ2) is 10.5. The molecule has 10 heteroatoms. The molecule has 0 unspecified atom stereocenters. The summed E-state index contributed by atoms with van der Waals surface area (Å²) < 4.78 is 5.81. The maximum absolute atomic E-state index is 12.7. The van der Waals surface area contributed by atoms with Crippen LogP contribution in [0.4, 0.5) is 16.4 Å². The number of fused-ring (bicyclic) bond motifs is 1. The Balaban J connectivity index is 1.22. The smallest absolute Gasteiger partial charge is 0.408 e. The number of nitrogens with one attached hydrogen (secondary N) is 2. The van der Waals surface area contributed by atoms with Crippen molar-refractivity contribution in [1.29, 1.82) is 0 Å². The highest BCUT2D eigenvalue weighted by Gasteiger charge is 2.34. The number of alkyl carbamates (subject to hydrolysis) is 1. The van der Waals surface area contributed by atoms with E-state index < -0.39 is 5.60 Å². The zero-order valence-corrected chi connectivity index (χ0v) is 22.0. The molecule has 0 aliphatic carbocycles. The number of nitrogens with two attached hydrogens (primary N) is 1. The predicted octanol–water partition coefficient (Wildman–Crippen LogP) is 5.63. The number of aromatic nitrogens is 3. The molecule has 1 aliphatic heterocycles. The lowest BCUT2D eigenvalue weighted by molar-refractivity contribution is 0.0259. The molecule has 8 nitrogen and oxygen atoms in total. The number of aromatic amines is 1. The highest BCUT2D eigenvalue weighted by atomic mass is 35.5. The molecule has 4 rings (SSSR count). The van der Waals surface area contributed by atoms with Gasteiger partial charge < -0.3 is 25.7 Å². The van der Waals surface area contributed by atoms with Gasteiger partial charge in [0, 0.05) is 29.2 Å². The van der Waals surface area contributed by atoms with E-state index in [1.165, 1.54) is 0 Å². The molecular formula is C25H33ClN6O2S. The number of hydrogen-bond donors (Lipinski definition) is 3. The van der Waals surface area contributed by atoms with Gasteiger partial charge in [-0.25, -0.2) is 14.8 Å². The Bertz CT molecular complexity index is 1180. The summed E-state index contributed by atoms with van der Waals surface area (Å²) >= 11 is 7.74.